The minimum absolute atomic E-state index is 0.00662. The van der Waals surface area contributed by atoms with Gasteiger partial charge in [0.05, 0.1) is 4.88 Å². The summed E-state index contributed by atoms with van der Waals surface area (Å²) in [6, 6.07) is 3.45. The molecule has 0 saturated carbocycles. The van der Waals surface area contributed by atoms with Crippen molar-refractivity contribution in [2.75, 3.05) is 6.54 Å². The highest BCUT2D eigenvalue weighted by atomic mass is 32.1. The zero-order valence-corrected chi connectivity index (χ0v) is 12.8. The van der Waals surface area contributed by atoms with E-state index in [0.717, 1.165) is 37.1 Å². The second-order valence-electron chi connectivity index (χ2n) is 5.75. The van der Waals surface area contributed by atoms with Crippen molar-refractivity contribution >= 4 is 23.2 Å². The number of hydrogen-bond acceptors (Lipinski definition) is 3. The van der Waals surface area contributed by atoms with Gasteiger partial charge in [-0.05, 0) is 43.7 Å². The van der Waals surface area contributed by atoms with E-state index in [4.69, 9.17) is 5.11 Å². The molecule has 110 valence electrons. The van der Waals surface area contributed by atoms with Crippen molar-refractivity contribution in [1.82, 2.24) is 4.90 Å². The number of thiophene rings is 1. The normalized spacial score (nSPS) is 19.4. The predicted octanol–water partition coefficient (Wildman–Crippen LogP) is 3.49. The van der Waals surface area contributed by atoms with Crippen LogP contribution in [0.2, 0.25) is 0 Å². The van der Waals surface area contributed by atoms with E-state index < -0.39 is 5.97 Å². The van der Waals surface area contributed by atoms with Crippen molar-refractivity contribution in [3.8, 4) is 0 Å². The van der Waals surface area contributed by atoms with Crippen LogP contribution < -0.4 is 0 Å². The van der Waals surface area contributed by atoms with Gasteiger partial charge in [-0.25, -0.2) is 4.79 Å². The predicted molar refractivity (Wildman–Crippen MR) is 79.4 cm³/mol. The topological polar surface area (TPSA) is 57.6 Å². The van der Waals surface area contributed by atoms with E-state index in [-0.39, 0.29) is 10.8 Å². The van der Waals surface area contributed by atoms with E-state index in [9.17, 15) is 9.59 Å². The Morgan fingerprint density at radius 3 is 2.65 bits per heavy atom. The molecule has 0 aliphatic carbocycles. The lowest BCUT2D eigenvalue weighted by molar-refractivity contribution is 0.0589. The van der Waals surface area contributed by atoms with Gasteiger partial charge in [-0.2, -0.15) is 0 Å². The summed E-state index contributed by atoms with van der Waals surface area (Å²) in [5, 5.41) is 8.95. The summed E-state index contributed by atoms with van der Waals surface area (Å²) in [6.45, 7) is 5.13. The number of carboxylic acid groups (broad SMARTS) is 1. The highest BCUT2D eigenvalue weighted by Gasteiger charge is 2.29. The number of likely N-dealkylation sites (tertiary alicyclic amines) is 1. The lowest BCUT2D eigenvalue weighted by atomic mass is 9.94. The van der Waals surface area contributed by atoms with E-state index in [2.05, 4.69) is 13.8 Å². The van der Waals surface area contributed by atoms with Crippen LogP contribution in [-0.2, 0) is 0 Å². The number of amides is 1. The molecule has 5 heteroatoms. The van der Waals surface area contributed by atoms with Crippen LogP contribution in [0.3, 0.4) is 0 Å². The van der Waals surface area contributed by atoms with Crippen molar-refractivity contribution in [2.45, 2.75) is 45.6 Å². The first-order chi connectivity index (χ1) is 9.49. The van der Waals surface area contributed by atoms with E-state index >= 15 is 0 Å². The first kappa shape index (κ1) is 15.0. The smallest absolute Gasteiger partial charge is 0.345 e. The molecule has 1 unspecified atom stereocenters. The third kappa shape index (κ3) is 3.39. The Balaban J connectivity index is 2.14. The number of rotatable bonds is 4. The molecular weight excluding hydrogens is 274 g/mol. The second-order valence-corrected chi connectivity index (χ2v) is 6.83. The Morgan fingerprint density at radius 1 is 1.35 bits per heavy atom. The van der Waals surface area contributed by atoms with Crippen LogP contribution in [-0.4, -0.2) is 34.5 Å². The molecule has 20 heavy (non-hydrogen) atoms. The molecule has 1 N–H and O–H groups in total. The van der Waals surface area contributed by atoms with Crippen molar-refractivity contribution in [3.05, 3.63) is 21.9 Å². The molecule has 1 aromatic heterocycles. The van der Waals surface area contributed by atoms with Crippen LogP contribution >= 0.6 is 11.3 Å². The van der Waals surface area contributed by atoms with Crippen LogP contribution in [0.4, 0.5) is 0 Å². The SMILES string of the molecule is CC(C)CC1CCCCN1C(=O)c1ccc(C(=O)O)s1. The molecule has 1 aliphatic heterocycles. The minimum Gasteiger partial charge on any atom is -0.477 e. The van der Waals surface area contributed by atoms with Crippen molar-refractivity contribution in [3.63, 3.8) is 0 Å². The fourth-order valence-electron chi connectivity index (χ4n) is 2.77. The number of carboxylic acids is 1. The monoisotopic (exact) mass is 295 g/mol. The standard InChI is InChI=1S/C15H21NO3S/c1-10(2)9-11-5-3-4-8-16(11)14(17)12-6-7-13(20-12)15(18)19/h6-7,10-11H,3-5,8-9H2,1-2H3,(H,18,19). The summed E-state index contributed by atoms with van der Waals surface area (Å²) >= 11 is 1.07. The van der Waals surface area contributed by atoms with Gasteiger partial charge in [-0.3, -0.25) is 4.79 Å². The molecule has 0 spiro atoms. The summed E-state index contributed by atoms with van der Waals surface area (Å²) in [6.07, 6.45) is 4.29. The van der Waals surface area contributed by atoms with Crippen molar-refractivity contribution in [1.29, 1.82) is 0 Å². The Bertz CT molecular complexity index is 495. The largest absolute Gasteiger partial charge is 0.477 e. The van der Waals surface area contributed by atoms with Gasteiger partial charge < -0.3 is 10.0 Å². The van der Waals surface area contributed by atoms with Crippen LogP contribution in [0.25, 0.3) is 0 Å². The van der Waals surface area contributed by atoms with Gasteiger partial charge in [-0.15, -0.1) is 11.3 Å². The number of nitrogens with zero attached hydrogens (tertiary/aromatic N) is 1. The van der Waals surface area contributed by atoms with Gasteiger partial charge in [0.2, 0.25) is 0 Å². The molecule has 4 nitrogen and oxygen atoms in total. The van der Waals surface area contributed by atoms with Crippen LogP contribution in [0, 0.1) is 5.92 Å². The van der Waals surface area contributed by atoms with E-state index in [1.165, 1.54) is 12.5 Å². The molecule has 0 bridgehead atoms. The molecule has 2 heterocycles. The highest BCUT2D eigenvalue weighted by Crippen LogP contribution is 2.26. The van der Waals surface area contributed by atoms with Crippen LogP contribution in [0.15, 0.2) is 12.1 Å². The van der Waals surface area contributed by atoms with E-state index in [1.807, 2.05) is 4.90 Å². The fraction of sp³-hybridized carbons (Fsp3) is 0.600. The lowest BCUT2D eigenvalue weighted by Gasteiger charge is -2.36. The third-order valence-corrected chi connectivity index (χ3v) is 4.72. The van der Waals surface area contributed by atoms with E-state index in [0.29, 0.717) is 16.8 Å². The van der Waals surface area contributed by atoms with Crippen molar-refractivity contribution < 1.29 is 14.7 Å². The minimum atomic E-state index is -0.966. The first-order valence-electron chi connectivity index (χ1n) is 7.13. The molecular formula is C15H21NO3S. The van der Waals surface area contributed by atoms with E-state index in [1.54, 1.807) is 6.07 Å². The van der Waals surface area contributed by atoms with Gasteiger partial charge >= 0.3 is 5.97 Å². The fourth-order valence-corrected chi connectivity index (χ4v) is 3.57. The number of carbonyl (C=O) groups is 2. The Labute approximate surface area is 123 Å². The molecule has 1 amide bonds. The van der Waals surface area contributed by atoms with Crippen LogP contribution in [0.1, 0.15) is 58.9 Å². The number of hydrogen-bond donors (Lipinski definition) is 1. The maximum Gasteiger partial charge on any atom is 0.345 e. The van der Waals surface area contributed by atoms with Crippen LogP contribution in [0.5, 0.6) is 0 Å². The van der Waals surface area contributed by atoms with Gasteiger partial charge in [0, 0.05) is 12.6 Å². The maximum atomic E-state index is 12.6. The zero-order chi connectivity index (χ0) is 14.7. The van der Waals surface area contributed by atoms with Gasteiger partial charge in [0.15, 0.2) is 0 Å². The zero-order valence-electron chi connectivity index (χ0n) is 12.0. The molecule has 1 aliphatic rings. The summed E-state index contributed by atoms with van der Waals surface area (Å²) in [5.41, 5.74) is 0. The molecule has 1 atom stereocenters. The van der Waals surface area contributed by atoms with Crippen molar-refractivity contribution in [2.24, 2.45) is 5.92 Å². The van der Waals surface area contributed by atoms with Gasteiger partial charge in [-0.1, -0.05) is 13.8 Å². The highest BCUT2D eigenvalue weighted by molar-refractivity contribution is 7.15. The molecule has 0 aromatic carbocycles. The lowest BCUT2D eigenvalue weighted by Crippen LogP contribution is -2.44. The quantitative estimate of drug-likeness (QED) is 0.925. The molecule has 1 saturated heterocycles. The van der Waals surface area contributed by atoms with Gasteiger partial charge in [0.25, 0.3) is 5.91 Å². The summed E-state index contributed by atoms with van der Waals surface area (Å²) < 4.78 is 0. The molecule has 0 radical (unpaired) electrons. The average molecular weight is 295 g/mol. The Hall–Kier alpha value is -1.36. The third-order valence-electron chi connectivity index (χ3n) is 3.66. The Morgan fingerprint density at radius 2 is 2.05 bits per heavy atom. The summed E-state index contributed by atoms with van der Waals surface area (Å²) in [4.78, 5) is 26.2. The molecule has 2 rings (SSSR count). The summed E-state index contributed by atoms with van der Waals surface area (Å²) in [5.74, 6) is -0.411. The Kier molecular flexibility index (Phi) is 4.81. The second kappa shape index (κ2) is 6.39. The average Bonchev–Trinajstić information content (AvgIpc) is 2.87. The molecule has 1 fully saturated rings. The number of aromatic carboxylic acids is 1. The number of piperidine rings is 1. The molecule has 1 aromatic rings. The first-order valence-corrected chi connectivity index (χ1v) is 7.94. The maximum absolute atomic E-state index is 12.6. The van der Waals surface area contributed by atoms with Gasteiger partial charge in [0.1, 0.15) is 4.88 Å². The number of carbonyl (C=O) groups excluding carboxylic acids is 1. The summed E-state index contributed by atoms with van der Waals surface area (Å²) in [7, 11) is 0.